The van der Waals surface area contributed by atoms with Crippen LogP contribution in [0.5, 0.6) is 0 Å². The molecule has 0 aliphatic heterocycles. The number of hydrogen-bond acceptors (Lipinski definition) is 4. The molecule has 4 heteroatoms. The second-order valence-corrected chi connectivity index (χ2v) is 2.37. The Hall–Kier alpha value is -1.10. The molecule has 0 aromatic carbocycles. The highest BCUT2D eigenvalue weighted by Gasteiger charge is 2.42. The number of hydrogen-bond donors (Lipinski definition) is 2. The zero-order valence-corrected chi connectivity index (χ0v) is 5.79. The van der Waals surface area contributed by atoms with Crippen molar-refractivity contribution in [1.29, 1.82) is 10.5 Å². The summed E-state index contributed by atoms with van der Waals surface area (Å²) in [7, 11) is 0. The van der Waals surface area contributed by atoms with Gasteiger partial charge in [0, 0.05) is 0 Å². The highest BCUT2D eigenvalue weighted by molar-refractivity contribution is 5.18. The van der Waals surface area contributed by atoms with E-state index in [4.69, 9.17) is 20.7 Å². The smallest absolute Gasteiger partial charge is 0.190 e. The highest BCUT2D eigenvalue weighted by atomic mass is 16.4. The van der Waals surface area contributed by atoms with Gasteiger partial charge in [-0.2, -0.15) is 10.5 Å². The van der Waals surface area contributed by atoms with Crippen LogP contribution < -0.4 is 0 Å². The number of nitriles is 2. The third-order valence-corrected chi connectivity index (χ3v) is 1.38. The van der Waals surface area contributed by atoms with E-state index >= 15 is 0 Å². The molecule has 0 aromatic heterocycles. The second-order valence-electron chi connectivity index (χ2n) is 2.37. The summed E-state index contributed by atoms with van der Waals surface area (Å²) in [4.78, 5) is 0. The Morgan fingerprint density at radius 2 is 1.20 bits per heavy atom. The van der Waals surface area contributed by atoms with Crippen LogP contribution in [-0.4, -0.2) is 21.4 Å². The van der Waals surface area contributed by atoms with Crippen LogP contribution in [0, 0.1) is 22.7 Å². The van der Waals surface area contributed by atoms with Gasteiger partial charge in [-0.15, -0.1) is 0 Å². The van der Waals surface area contributed by atoms with E-state index in [1.807, 2.05) is 0 Å². The first kappa shape index (κ1) is 8.90. The van der Waals surface area contributed by atoms with Crippen LogP contribution >= 0.6 is 0 Å². The maximum atomic E-state index is 9.02. The van der Waals surface area contributed by atoms with Crippen molar-refractivity contribution < 1.29 is 10.2 Å². The first-order valence-electron chi connectivity index (χ1n) is 2.64. The maximum absolute atomic E-state index is 9.02. The Balaban J connectivity index is 4.71. The van der Waals surface area contributed by atoms with Gasteiger partial charge in [0.15, 0.2) is 11.2 Å². The van der Waals surface area contributed by atoms with Crippen LogP contribution in [0.4, 0.5) is 0 Å². The van der Waals surface area contributed by atoms with Crippen LogP contribution in [0.2, 0.25) is 0 Å². The molecule has 0 saturated carbocycles. The molecule has 10 heavy (non-hydrogen) atoms. The molecule has 2 unspecified atom stereocenters. The quantitative estimate of drug-likeness (QED) is 0.482. The molecule has 0 rings (SSSR count). The van der Waals surface area contributed by atoms with Crippen molar-refractivity contribution in [1.82, 2.24) is 0 Å². The summed E-state index contributed by atoms with van der Waals surface area (Å²) in [6.07, 6.45) is 0. The van der Waals surface area contributed by atoms with Crippen molar-refractivity contribution in [3.63, 3.8) is 0 Å². The summed E-state index contributed by atoms with van der Waals surface area (Å²) in [5, 5.41) is 34.5. The van der Waals surface area contributed by atoms with E-state index in [9.17, 15) is 0 Å². The van der Waals surface area contributed by atoms with Gasteiger partial charge in [0.2, 0.25) is 0 Å². The number of nitrogens with zero attached hydrogens (tertiary/aromatic N) is 2. The fraction of sp³-hybridized carbons (Fsp3) is 0.667. The van der Waals surface area contributed by atoms with E-state index < -0.39 is 11.2 Å². The third-order valence-electron chi connectivity index (χ3n) is 1.38. The van der Waals surface area contributed by atoms with Gasteiger partial charge in [-0.05, 0) is 13.8 Å². The largest absolute Gasteiger partial charge is 0.372 e. The van der Waals surface area contributed by atoms with Gasteiger partial charge >= 0.3 is 0 Å². The zero-order chi connectivity index (χ0) is 8.41. The lowest BCUT2D eigenvalue weighted by molar-refractivity contribution is -0.0578. The van der Waals surface area contributed by atoms with E-state index in [2.05, 4.69) is 0 Å². The zero-order valence-electron chi connectivity index (χ0n) is 5.79. The van der Waals surface area contributed by atoms with E-state index in [0.717, 1.165) is 13.8 Å². The molecule has 0 heterocycles. The van der Waals surface area contributed by atoms with Gasteiger partial charge in [-0.1, -0.05) is 0 Å². The Labute approximate surface area is 58.9 Å². The SMILES string of the molecule is CC(O)(C#N)C(C)(O)C#N. The van der Waals surface area contributed by atoms with Crippen molar-refractivity contribution in [2.45, 2.75) is 25.0 Å². The summed E-state index contributed by atoms with van der Waals surface area (Å²) < 4.78 is 0. The molecule has 0 fully saturated rings. The minimum atomic E-state index is -2.01. The molecule has 0 spiro atoms. The van der Waals surface area contributed by atoms with Gasteiger partial charge in [0.05, 0.1) is 0 Å². The number of rotatable bonds is 1. The molecule has 0 aliphatic carbocycles. The predicted molar refractivity (Wildman–Crippen MR) is 32.5 cm³/mol. The molecule has 0 amide bonds. The maximum Gasteiger partial charge on any atom is 0.190 e. The molecule has 0 aliphatic rings. The average molecular weight is 140 g/mol. The highest BCUT2D eigenvalue weighted by Crippen LogP contribution is 2.19. The van der Waals surface area contributed by atoms with Crippen LogP contribution in [-0.2, 0) is 0 Å². The molecule has 0 radical (unpaired) electrons. The third kappa shape index (κ3) is 1.24. The summed E-state index contributed by atoms with van der Waals surface area (Å²) in [6.45, 7) is 2.16. The van der Waals surface area contributed by atoms with Crippen LogP contribution in [0.15, 0.2) is 0 Å². The number of aliphatic hydroxyl groups is 2. The molecule has 0 bridgehead atoms. The Morgan fingerprint density at radius 1 is 1.00 bits per heavy atom. The minimum Gasteiger partial charge on any atom is -0.372 e. The predicted octanol–water partition coefficient (Wildman–Crippen LogP) is -0.464. The monoisotopic (exact) mass is 140 g/mol. The van der Waals surface area contributed by atoms with Crippen molar-refractivity contribution in [2.75, 3.05) is 0 Å². The van der Waals surface area contributed by atoms with E-state index in [-0.39, 0.29) is 0 Å². The molecular weight excluding hydrogens is 132 g/mol. The van der Waals surface area contributed by atoms with Crippen molar-refractivity contribution in [3.8, 4) is 12.1 Å². The Morgan fingerprint density at radius 3 is 1.30 bits per heavy atom. The van der Waals surface area contributed by atoms with Crippen LogP contribution in [0.3, 0.4) is 0 Å². The summed E-state index contributed by atoms with van der Waals surface area (Å²) in [6, 6.07) is 2.83. The van der Waals surface area contributed by atoms with E-state index in [1.54, 1.807) is 0 Å². The molecular formula is C6H8N2O2. The first-order valence-corrected chi connectivity index (χ1v) is 2.64. The second kappa shape index (κ2) is 2.26. The van der Waals surface area contributed by atoms with Crippen molar-refractivity contribution >= 4 is 0 Å². The standard InChI is InChI=1S/C6H8N2O2/c1-5(9,3-7)6(2,10)4-8/h9-10H,1-2H3. The molecule has 54 valence electrons. The van der Waals surface area contributed by atoms with Crippen molar-refractivity contribution in [2.24, 2.45) is 0 Å². The Kier molecular flexibility index (Phi) is 2.01. The van der Waals surface area contributed by atoms with Gasteiger partial charge in [-0.25, -0.2) is 0 Å². The fourth-order valence-corrected chi connectivity index (χ4v) is 0.218. The molecule has 0 aromatic rings. The van der Waals surface area contributed by atoms with Crippen LogP contribution in [0.1, 0.15) is 13.8 Å². The van der Waals surface area contributed by atoms with Crippen molar-refractivity contribution in [3.05, 3.63) is 0 Å². The van der Waals surface area contributed by atoms with E-state index in [0.29, 0.717) is 0 Å². The van der Waals surface area contributed by atoms with Gasteiger partial charge in [-0.3, -0.25) is 0 Å². The van der Waals surface area contributed by atoms with Gasteiger partial charge in [0.25, 0.3) is 0 Å². The molecule has 4 nitrogen and oxygen atoms in total. The first-order chi connectivity index (χ1) is 4.37. The summed E-state index contributed by atoms with van der Waals surface area (Å²) >= 11 is 0. The topological polar surface area (TPSA) is 88.0 Å². The normalized spacial score (nSPS) is 21.4. The van der Waals surface area contributed by atoms with Crippen LogP contribution in [0.25, 0.3) is 0 Å². The minimum absolute atomic E-state index is 1.08. The van der Waals surface area contributed by atoms with Gasteiger partial charge < -0.3 is 10.2 Å². The lowest BCUT2D eigenvalue weighted by atomic mass is 9.89. The Bertz CT molecular complexity index is 183. The molecule has 2 N–H and O–H groups in total. The summed E-state index contributed by atoms with van der Waals surface area (Å²) in [5.74, 6) is 0. The lowest BCUT2D eigenvalue weighted by Crippen LogP contribution is -2.47. The summed E-state index contributed by atoms with van der Waals surface area (Å²) in [5.41, 5.74) is -4.02. The van der Waals surface area contributed by atoms with E-state index in [1.165, 1.54) is 12.1 Å². The average Bonchev–Trinajstić information content (AvgIpc) is 1.88. The molecule has 2 atom stereocenters. The van der Waals surface area contributed by atoms with Gasteiger partial charge in [0.1, 0.15) is 12.1 Å². The fourth-order valence-electron chi connectivity index (χ4n) is 0.218. The molecule has 0 saturated heterocycles. The lowest BCUT2D eigenvalue weighted by Gasteiger charge is -2.25.